The Labute approximate surface area is 72.7 Å². The number of rotatable bonds is 2. The Kier molecular flexibility index (Phi) is 2.48. The largest absolute Gasteiger partial charge is 0.397 e. The normalized spacial score (nSPS) is 9.18. The summed E-state index contributed by atoms with van der Waals surface area (Å²) in [6.45, 7) is 0. The first-order chi connectivity index (χ1) is 5.24. The summed E-state index contributed by atoms with van der Waals surface area (Å²) in [5, 5.41) is 2.48. The lowest BCUT2D eigenvalue weighted by Crippen LogP contribution is -1.98. The van der Waals surface area contributed by atoms with Crippen LogP contribution in [0, 0.1) is 0 Å². The predicted octanol–water partition coefficient (Wildman–Crippen LogP) is 1.60. The van der Waals surface area contributed by atoms with Crippen molar-refractivity contribution in [2.45, 2.75) is 0 Å². The van der Waals surface area contributed by atoms with Crippen molar-refractivity contribution in [3.63, 3.8) is 0 Å². The molecule has 0 spiro atoms. The van der Waals surface area contributed by atoms with E-state index in [-0.39, 0.29) is 0 Å². The number of carbonyl (C=O) groups is 1. The lowest BCUT2D eigenvalue weighted by Gasteiger charge is -2.02. The number of carbonyl (C=O) groups excluding carboxylic acids is 1. The SMILES string of the molecule is Nc1ccc(Br)cc1NC=O. The highest BCUT2D eigenvalue weighted by Crippen LogP contribution is 2.22. The molecule has 0 heterocycles. The fourth-order valence-corrected chi connectivity index (χ4v) is 1.08. The number of nitrogen functional groups attached to an aromatic ring is 1. The highest BCUT2D eigenvalue weighted by atomic mass is 79.9. The number of hydrogen-bond donors (Lipinski definition) is 2. The number of anilines is 2. The van der Waals surface area contributed by atoms with Crippen molar-refractivity contribution in [1.82, 2.24) is 0 Å². The molecule has 4 heteroatoms. The molecule has 0 fully saturated rings. The van der Waals surface area contributed by atoms with Crippen molar-refractivity contribution >= 4 is 33.7 Å². The van der Waals surface area contributed by atoms with Crippen molar-refractivity contribution < 1.29 is 4.79 Å². The van der Waals surface area contributed by atoms with Gasteiger partial charge in [-0.25, -0.2) is 0 Å². The molecule has 0 aromatic heterocycles. The Morgan fingerprint density at radius 2 is 2.27 bits per heavy atom. The molecular weight excluding hydrogens is 208 g/mol. The van der Waals surface area contributed by atoms with Gasteiger partial charge in [-0.1, -0.05) is 15.9 Å². The number of amides is 1. The topological polar surface area (TPSA) is 55.1 Å². The van der Waals surface area contributed by atoms with Gasteiger partial charge in [0.25, 0.3) is 0 Å². The van der Waals surface area contributed by atoms with E-state index in [0.717, 1.165) is 4.47 Å². The third-order valence-corrected chi connectivity index (χ3v) is 1.72. The second-order valence-electron chi connectivity index (χ2n) is 1.99. The van der Waals surface area contributed by atoms with Crippen LogP contribution >= 0.6 is 15.9 Å². The zero-order chi connectivity index (χ0) is 8.27. The van der Waals surface area contributed by atoms with Gasteiger partial charge in [-0.05, 0) is 18.2 Å². The van der Waals surface area contributed by atoms with Crippen LogP contribution in [0.4, 0.5) is 11.4 Å². The van der Waals surface area contributed by atoms with Crippen molar-refractivity contribution in [2.24, 2.45) is 0 Å². The van der Waals surface area contributed by atoms with E-state index in [1.165, 1.54) is 0 Å². The highest BCUT2D eigenvalue weighted by Gasteiger charge is 1.96. The van der Waals surface area contributed by atoms with E-state index in [2.05, 4.69) is 21.2 Å². The van der Waals surface area contributed by atoms with Crippen LogP contribution in [0.15, 0.2) is 22.7 Å². The minimum Gasteiger partial charge on any atom is -0.397 e. The first kappa shape index (κ1) is 8.07. The monoisotopic (exact) mass is 214 g/mol. The van der Waals surface area contributed by atoms with E-state index in [0.29, 0.717) is 17.8 Å². The van der Waals surface area contributed by atoms with Gasteiger partial charge in [0.05, 0.1) is 11.4 Å². The van der Waals surface area contributed by atoms with Crippen LogP contribution in [0.3, 0.4) is 0 Å². The third kappa shape index (κ3) is 1.94. The fraction of sp³-hybridized carbons (Fsp3) is 0. The molecule has 3 N–H and O–H groups in total. The van der Waals surface area contributed by atoms with Crippen LogP contribution < -0.4 is 11.1 Å². The van der Waals surface area contributed by atoms with Gasteiger partial charge in [0.2, 0.25) is 6.41 Å². The Morgan fingerprint density at radius 3 is 2.91 bits per heavy atom. The number of hydrogen-bond acceptors (Lipinski definition) is 2. The minimum atomic E-state index is 0.556. The van der Waals surface area contributed by atoms with Gasteiger partial charge < -0.3 is 11.1 Å². The summed E-state index contributed by atoms with van der Waals surface area (Å²) < 4.78 is 0.885. The molecule has 0 aliphatic heterocycles. The van der Waals surface area contributed by atoms with E-state index < -0.39 is 0 Å². The molecule has 1 aromatic rings. The van der Waals surface area contributed by atoms with Crippen LogP contribution in [-0.2, 0) is 4.79 Å². The minimum absolute atomic E-state index is 0.556. The van der Waals surface area contributed by atoms with E-state index in [9.17, 15) is 4.79 Å². The van der Waals surface area contributed by atoms with Crippen LogP contribution in [-0.4, -0.2) is 6.41 Å². The summed E-state index contributed by atoms with van der Waals surface area (Å²) in [7, 11) is 0. The first-order valence-electron chi connectivity index (χ1n) is 2.99. The van der Waals surface area contributed by atoms with E-state index in [1.54, 1.807) is 12.1 Å². The van der Waals surface area contributed by atoms with E-state index in [4.69, 9.17) is 5.73 Å². The van der Waals surface area contributed by atoms with Gasteiger partial charge in [-0.2, -0.15) is 0 Å². The number of nitrogens with one attached hydrogen (secondary N) is 1. The Balaban J connectivity index is 3.01. The Morgan fingerprint density at radius 1 is 1.55 bits per heavy atom. The maximum absolute atomic E-state index is 10.1. The fourth-order valence-electron chi connectivity index (χ4n) is 0.717. The molecule has 0 radical (unpaired) electrons. The highest BCUT2D eigenvalue weighted by molar-refractivity contribution is 9.10. The van der Waals surface area contributed by atoms with Gasteiger partial charge >= 0.3 is 0 Å². The van der Waals surface area contributed by atoms with Crippen LogP contribution in [0.25, 0.3) is 0 Å². The molecule has 3 nitrogen and oxygen atoms in total. The molecule has 1 aromatic carbocycles. The summed E-state index contributed by atoms with van der Waals surface area (Å²) in [6.07, 6.45) is 0.595. The number of benzene rings is 1. The summed E-state index contributed by atoms with van der Waals surface area (Å²) in [5.41, 5.74) is 6.71. The standard InChI is InChI=1S/C7H7BrN2O/c8-5-1-2-6(9)7(3-5)10-4-11/h1-4H,9H2,(H,10,11). The molecule has 1 rings (SSSR count). The second kappa shape index (κ2) is 3.39. The Bertz CT molecular complexity index is 275. The average Bonchev–Trinajstić information content (AvgIpc) is 1.98. The maximum atomic E-state index is 10.1. The molecule has 58 valence electrons. The Hall–Kier alpha value is -1.03. The summed E-state index contributed by atoms with van der Waals surface area (Å²) in [5.74, 6) is 0. The zero-order valence-electron chi connectivity index (χ0n) is 5.67. The molecule has 0 unspecified atom stereocenters. The second-order valence-corrected chi connectivity index (χ2v) is 2.91. The van der Waals surface area contributed by atoms with E-state index in [1.807, 2.05) is 6.07 Å². The van der Waals surface area contributed by atoms with Gasteiger partial charge in [0, 0.05) is 4.47 Å². The van der Waals surface area contributed by atoms with Gasteiger partial charge in [0.1, 0.15) is 0 Å². The average molecular weight is 215 g/mol. The number of halogens is 1. The molecule has 0 bridgehead atoms. The van der Waals surface area contributed by atoms with Gasteiger partial charge in [-0.15, -0.1) is 0 Å². The van der Waals surface area contributed by atoms with Crippen molar-refractivity contribution in [3.8, 4) is 0 Å². The summed E-state index contributed by atoms with van der Waals surface area (Å²) in [6, 6.07) is 5.27. The van der Waals surface area contributed by atoms with Crippen molar-refractivity contribution in [1.29, 1.82) is 0 Å². The molecule has 0 saturated heterocycles. The quantitative estimate of drug-likeness (QED) is 0.581. The van der Waals surface area contributed by atoms with Crippen molar-refractivity contribution in [3.05, 3.63) is 22.7 Å². The van der Waals surface area contributed by atoms with Gasteiger partial charge in [-0.3, -0.25) is 4.79 Å². The molecule has 1 amide bonds. The zero-order valence-corrected chi connectivity index (χ0v) is 7.26. The molecule has 0 atom stereocenters. The first-order valence-corrected chi connectivity index (χ1v) is 3.78. The third-order valence-electron chi connectivity index (χ3n) is 1.23. The summed E-state index contributed by atoms with van der Waals surface area (Å²) >= 11 is 3.25. The molecule has 0 aliphatic rings. The summed E-state index contributed by atoms with van der Waals surface area (Å²) in [4.78, 5) is 10.1. The molecular formula is C7H7BrN2O. The smallest absolute Gasteiger partial charge is 0.211 e. The predicted molar refractivity (Wildman–Crippen MR) is 48.2 cm³/mol. The van der Waals surface area contributed by atoms with Crippen LogP contribution in [0.2, 0.25) is 0 Å². The molecule has 0 aliphatic carbocycles. The maximum Gasteiger partial charge on any atom is 0.211 e. The van der Waals surface area contributed by atoms with Crippen LogP contribution in [0.5, 0.6) is 0 Å². The lowest BCUT2D eigenvalue weighted by molar-refractivity contribution is -0.105. The van der Waals surface area contributed by atoms with Crippen LogP contribution in [0.1, 0.15) is 0 Å². The number of nitrogens with two attached hydrogens (primary N) is 1. The van der Waals surface area contributed by atoms with E-state index >= 15 is 0 Å². The van der Waals surface area contributed by atoms with Crippen molar-refractivity contribution in [2.75, 3.05) is 11.1 Å². The molecule has 11 heavy (non-hydrogen) atoms. The van der Waals surface area contributed by atoms with Gasteiger partial charge in [0.15, 0.2) is 0 Å². The molecule has 0 saturated carbocycles. The lowest BCUT2D eigenvalue weighted by atomic mass is 10.3.